The second-order valence-electron chi connectivity index (χ2n) is 10.4. The lowest BCUT2D eigenvalue weighted by Crippen LogP contribution is -2.49. The van der Waals surface area contributed by atoms with Gasteiger partial charge in [0, 0.05) is 55.2 Å². The average molecular weight is 528 g/mol. The SMILES string of the molecule is C[C@@H]1CCN(c2cc(-c3ccccc3O)nnc2N)CCN1c1ccnc(C#CCN2[C@@H](C)COC[C@@H]2C)c1. The van der Waals surface area contributed by atoms with E-state index in [2.05, 4.69) is 74.6 Å². The summed E-state index contributed by atoms with van der Waals surface area (Å²) in [6.45, 7) is 11.2. The van der Waals surface area contributed by atoms with Gasteiger partial charge in [0.25, 0.3) is 0 Å². The number of hydrogen-bond donors (Lipinski definition) is 2. The number of aromatic hydroxyl groups is 1. The van der Waals surface area contributed by atoms with E-state index < -0.39 is 0 Å². The number of nitrogens with two attached hydrogens (primary N) is 1. The predicted octanol–water partition coefficient (Wildman–Crippen LogP) is 3.39. The molecule has 1 aromatic carbocycles. The Morgan fingerprint density at radius 1 is 1.00 bits per heavy atom. The fourth-order valence-corrected chi connectivity index (χ4v) is 5.38. The van der Waals surface area contributed by atoms with Gasteiger partial charge in [-0.2, -0.15) is 0 Å². The molecule has 0 unspecified atom stereocenters. The molecule has 2 aliphatic heterocycles. The number of aromatic nitrogens is 3. The first kappa shape index (κ1) is 26.7. The molecule has 3 atom stereocenters. The molecule has 4 heterocycles. The van der Waals surface area contributed by atoms with Crippen LogP contribution < -0.4 is 15.5 Å². The van der Waals surface area contributed by atoms with Gasteiger partial charge in [-0.15, -0.1) is 10.2 Å². The molecular weight excluding hydrogens is 490 g/mol. The van der Waals surface area contributed by atoms with E-state index >= 15 is 0 Å². The van der Waals surface area contributed by atoms with Crippen LogP contribution in [0.1, 0.15) is 32.9 Å². The Balaban J connectivity index is 1.30. The molecule has 9 nitrogen and oxygen atoms in total. The van der Waals surface area contributed by atoms with Crippen LogP contribution in [0.4, 0.5) is 17.2 Å². The molecule has 0 spiro atoms. The van der Waals surface area contributed by atoms with Crippen molar-refractivity contribution in [2.45, 2.75) is 45.3 Å². The van der Waals surface area contributed by atoms with Gasteiger partial charge in [0.2, 0.25) is 0 Å². The fourth-order valence-electron chi connectivity index (χ4n) is 5.38. The van der Waals surface area contributed by atoms with Gasteiger partial charge < -0.3 is 25.4 Å². The highest BCUT2D eigenvalue weighted by Crippen LogP contribution is 2.32. The molecule has 204 valence electrons. The zero-order valence-electron chi connectivity index (χ0n) is 22.9. The maximum atomic E-state index is 10.3. The van der Waals surface area contributed by atoms with Crippen LogP contribution in [0.5, 0.6) is 5.75 Å². The monoisotopic (exact) mass is 527 g/mol. The molecule has 0 amide bonds. The summed E-state index contributed by atoms with van der Waals surface area (Å²) in [6, 6.07) is 14.3. The number of hydrogen-bond acceptors (Lipinski definition) is 9. The van der Waals surface area contributed by atoms with Crippen LogP contribution >= 0.6 is 0 Å². The number of phenolic OH excluding ortho intramolecular Hbond substituents is 1. The molecule has 2 aliphatic rings. The van der Waals surface area contributed by atoms with Crippen LogP contribution in [-0.4, -0.2) is 82.7 Å². The van der Waals surface area contributed by atoms with Crippen LogP contribution in [-0.2, 0) is 4.74 Å². The number of morpholine rings is 1. The first-order valence-electron chi connectivity index (χ1n) is 13.6. The van der Waals surface area contributed by atoms with Crippen LogP contribution in [0.2, 0.25) is 0 Å². The molecule has 2 fully saturated rings. The van der Waals surface area contributed by atoms with Crippen LogP contribution in [0.15, 0.2) is 48.7 Å². The molecule has 2 saturated heterocycles. The minimum Gasteiger partial charge on any atom is -0.507 e. The average Bonchev–Trinajstić information content (AvgIpc) is 3.13. The molecule has 3 aromatic rings. The van der Waals surface area contributed by atoms with Gasteiger partial charge in [-0.3, -0.25) is 4.90 Å². The Morgan fingerprint density at radius 3 is 2.59 bits per heavy atom. The van der Waals surface area contributed by atoms with Gasteiger partial charge in [-0.1, -0.05) is 18.1 Å². The van der Waals surface area contributed by atoms with E-state index in [9.17, 15) is 5.11 Å². The summed E-state index contributed by atoms with van der Waals surface area (Å²) in [7, 11) is 0. The van der Waals surface area contributed by atoms with Crippen molar-refractivity contribution in [3.05, 3.63) is 54.4 Å². The summed E-state index contributed by atoms with van der Waals surface area (Å²) in [5.74, 6) is 7.17. The normalized spacial score (nSPS) is 22.2. The van der Waals surface area contributed by atoms with Crippen molar-refractivity contribution in [3.8, 4) is 28.8 Å². The van der Waals surface area contributed by atoms with Gasteiger partial charge in [0.1, 0.15) is 11.4 Å². The molecule has 5 rings (SSSR count). The maximum Gasteiger partial charge on any atom is 0.169 e. The Morgan fingerprint density at radius 2 is 1.79 bits per heavy atom. The van der Waals surface area contributed by atoms with E-state index in [0.717, 1.165) is 56.3 Å². The van der Waals surface area contributed by atoms with Crippen molar-refractivity contribution in [2.24, 2.45) is 0 Å². The number of anilines is 3. The second-order valence-corrected chi connectivity index (χ2v) is 10.4. The number of benzene rings is 1. The predicted molar refractivity (Wildman–Crippen MR) is 155 cm³/mol. The number of rotatable bonds is 4. The van der Waals surface area contributed by atoms with E-state index in [1.165, 1.54) is 0 Å². The van der Waals surface area contributed by atoms with Gasteiger partial charge >= 0.3 is 0 Å². The lowest BCUT2D eigenvalue weighted by molar-refractivity contribution is -0.0296. The molecule has 2 aromatic heterocycles. The van der Waals surface area contributed by atoms with Crippen LogP contribution in [0, 0.1) is 11.8 Å². The van der Waals surface area contributed by atoms with E-state index in [1.54, 1.807) is 12.1 Å². The summed E-state index contributed by atoms with van der Waals surface area (Å²) < 4.78 is 5.63. The summed E-state index contributed by atoms with van der Waals surface area (Å²) in [4.78, 5) is 11.6. The summed E-state index contributed by atoms with van der Waals surface area (Å²) in [5.41, 5.74) is 10.3. The maximum absolute atomic E-state index is 10.3. The number of nitrogen functional groups attached to an aromatic ring is 1. The van der Waals surface area contributed by atoms with Crippen molar-refractivity contribution in [1.29, 1.82) is 0 Å². The third kappa shape index (κ3) is 6.08. The molecule has 0 aliphatic carbocycles. The minimum atomic E-state index is 0.170. The lowest BCUT2D eigenvalue weighted by atomic mass is 10.1. The smallest absolute Gasteiger partial charge is 0.169 e. The first-order valence-corrected chi connectivity index (χ1v) is 13.6. The van der Waals surface area contributed by atoms with Crippen molar-refractivity contribution >= 4 is 17.2 Å². The number of pyridine rings is 1. The quantitative estimate of drug-likeness (QED) is 0.494. The van der Waals surface area contributed by atoms with E-state index in [4.69, 9.17) is 10.5 Å². The molecule has 0 saturated carbocycles. The highest BCUT2D eigenvalue weighted by Gasteiger charge is 2.25. The van der Waals surface area contributed by atoms with Gasteiger partial charge in [-0.25, -0.2) is 4.98 Å². The summed E-state index contributed by atoms with van der Waals surface area (Å²) in [6.07, 6.45) is 2.79. The highest BCUT2D eigenvalue weighted by molar-refractivity contribution is 5.74. The van der Waals surface area contributed by atoms with Crippen molar-refractivity contribution in [2.75, 3.05) is 54.9 Å². The lowest BCUT2D eigenvalue weighted by Gasteiger charge is -2.37. The number of para-hydroxylation sites is 1. The zero-order chi connectivity index (χ0) is 27.4. The van der Waals surface area contributed by atoms with E-state index in [0.29, 0.717) is 41.7 Å². The Bertz CT molecular complexity index is 1340. The van der Waals surface area contributed by atoms with E-state index in [-0.39, 0.29) is 5.75 Å². The Labute approximate surface area is 230 Å². The number of phenols is 1. The van der Waals surface area contributed by atoms with Crippen molar-refractivity contribution in [3.63, 3.8) is 0 Å². The van der Waals surface area contributed by atoms with Crippen molar-refractivity contribution in [1.82, 2.24) is 20.1 Å². The standard InChI is InChI=1S/C30H37N7O2/c1-21-11-14-35(28-18-27(33-34-30(28)31)26-8-4-5-9-29(26)38)15-16-37(21)25-10-12-32-24(17-25)7-6-13-36-22(2)19-39-20-23(36)3/h4-5,8-10,12,17-18,21-23,38H,11,13-16,19-20H2,1-3H3,(H2,31,34)/t21-,22+,23+/m1/s1. The summed E-state index contributed by atoms with van der Waals surface area (Å²) in [5, 5.41) is 18.7. The van der Waals surface area contributed by atoms with E-state index in [1.807, 2.05) is 24.4 Å². The molecular formula is C30H37N7O2. The number of ether oxygens (including phenoxy) is 1. The van der Waals surface area contributed by atoms with Crippen LogP contribution in [0.3, 0.4) is 0 Å². The third-order valence-electron chi connectivity index (χ3n) is 7.69. The molecule has 0 bridgehead atoms. The second kappa shape index (κ2) is 11.9. The minimum absolute atomic E-state index is 0.170. The number of nitrogens with zero attached hydrogens (tertiary/aromatic N) is 6. The molecule has 0 radical (unpaired) electrons. The first-order chi connectivity index (χ1) is 18.9. The fraction of sp³-hybridized carbons (Fsp3) is 0.433. The third-order valence-corrected chi connectivity index (χ3v) is 7.69. The highest BCUT2D eigenvalue weighted by atomic mass is 16.5. The van der Waals surface area contributed by atoms with Crippen LogP contribution in [0.25, 0.3) is 11.3 Å². The topological polar surface area (TPSA) is 104 Å². The molecule has 39 heavy (non-hydrogen) atoms. The Kier molecular flexibility index (Phi) is 8.15. The summed E-state index contributed by atoms with van der Waals surface area (Å²) >= 11 is 0. The van der Waals surface area contributed by atoms with Gasteiger partial charge in [0.05, 0.1) is 31.1 Å². The molecule has 3 N–H and O–H groups in total. The molecule has 9 heteroatoms. The van der Waals surface area contributed by atoms with Gasteiger partial charge in [-0.05, 0) is 63.4 Å². The van der Waals surface area contributed by atoms with Gasteiger partial charge in [0.15, 0.2) is 5.82 Å². The Hall–Kier alpha value is -3.87. The van der Waals surface area contributed by atoms with Crippen molar-refractivity contribution < 1.29 is 9.84 Å². The zero-order valence-corrected chi connectivity index (χ0v) is 22.9. The largest absolute Gasteiger partial charge is 0.507 e.